The molecule has 76 valence electrons. The van der Waals surface area contributed by atoms with Crippen molar-refractivity contribution in [3.63, 3.8) is 0 Å². The first kappa shape index (κ1) is 12.6. The maximum Gasteiger partial charge on any atom is 0.139 e. The average molecular weight is 190 g/mol. The summed E-state index contributed by atoms with van der Waals surface area (Å²) >= 11 is 0. The number of allylic oxidation sites excluding steroid dienone is 2. The summed E-state index contributed by atoms with van der Waals surface area (Å²) in [5, 5.41) is 8.59. The molecule has 0 aliphatic carbocycles. The van der Waals surface area contributed by atoms with Crippen LogP contribution in [-0.2, 0) is 0 Å². The molecule has 0 amide bonds. The molecule has 0 radical (unpaired) electrons. The molecule has 2 heteroatoms. The molecule has 0 rings (SSSR count). The van der Waals surface area contributed by atoms with Gasteiger partial charge in [-0.2, -0.15) is 5.26 Å². The number of nitrogens with zero attached hydrogens (tertiary/aromatic N) is 2. The van der Waals surface area contributed by atoms with Crippen molar-refractivity contribution in [1.82, 2.24) is 0 Å². The van der Waals surface area contributed by atoms with Crippen molar-refractivity contribution in [2.24, 2.45) is 10.4 Å². The van der Waals surface area contributed by atoms with Gasteiger partial charge in [0, 0.05) is 6.20 Å². The van der Waals surface area contributed by atoms with Gasteiger partial charge in [0.05, 0.1) is 0 Å². The largest absolute Gasteiger partial charge is 0.246 e. The Morgan fingerprint density at radius 2 is 2.07 bits per heavy atom. The van der Waals surface area contributed by atoms with E-state index in [0.29, 0.717) is 5.71 Å². The molecular weight excluding hydrogens is 172 g/mol. The normalized spacial score (nSPS) is 13.6. The molecule has 0 atom stereocenters. The minimum atomic E-state index is 0.261. The van der Waals surface area contributed by atoms with Gasteiger partial charge in [0.15, 0.2) is 0 Å². The second kappa shape index (κ2) is 5.39. The summed E-state index contributed by atoms with van der Waals surface area (Å²) in [7, 11) is 0. The van der Waals surface area contributed by atoms with Crippen LogP contribution in [0.25, 0.3) is 0 Å². The van der Waals surface area contributed by atoms with Gasteiger partial charge in [0.25, 0.3) is 0 Å². The average Bonchev–Trinajstić information content (AvgIpc) is 2.03. The maximum absolute atomic E-state index is 8.59. The SMILES string of the molecule is C=CC(C#N)=N/C=C(\C)CC(C)(C)C. The van der Waals surface area contributed by atoms with Crippen molar-refractivity contribution in [3.05, 3.63) is 24.4 Å². The van der Waals surface area contributed by atoms with Gasteiger partial charge in [-0.3, -0.25) is 0 Å². The van der Waals surface area contributed by atoms with E-state index in [4.69, 9.17) is 5.26 Å². The predicted molar refractivity (Wildman–Crippen MR) is 61.1 cm³/mol. The van der Waals surface area contributed by atoms with E-state index in [2.05, 4.69) is 32.3 Å². The number of rotatable bonds is 3. The third-order valence-electron chi connectivity index (χ3n) is 1.54. The first-order chi connectivity index (χ1) is 6.39. The molecule has 0 aromatic rings. The van der Waals surface area contributed by atoms with Gasteiger partial charge in [-0.05, 0) is 24.8 Å². The molecule has 2 nitrogen and oxygen atoms in total. The lowest BCUT2D eigenvalue weighted by Gasteiger charge is -2.17. The van der Waals surface area contributed by atoms with E-state index in [1.807, 2.05) is 13.0 Å². The number of hydrogen-bond acceptors (Lipinski definition) is 2. The first-order valence-electron chi connectivity index (χ1n) is 4.65. The Morgan fingerprint density at radius 1 is 1.50 bits per heavy atom. The summed E-state index contributed by atoms with van der Waals surface area (Å²) < 4.78 is 0. The zero-order valence-electron chi connectivity index (χ0n) is 9.46. The Morgan fingerprint density at radius 3 is 2.43 bits per heavy atom. The van der Waals surface area contributed by atoms with Crippen LogP contribution >= 0.6 is 0 Å². The van der Waals surface area contributed by atoms with E-state index in [0.717, 1.165) is 6.42 Å². The molecule has 14 heavy (non-hydrogen) atoms. The zero-order valence-corrected chi connectivity index (χ0v) is 9.46. The second-order valence-electron chi connectivity index (χ2n) is 4.54. The lowest BCUT2D eigenvalue weighted by atomic mass is 9.89. The highest BCUT2D eigenvalue weighted by atomic mass is 14.7. The third kappa shape index (κ3) is 6.19. The van der Waals surface area contributed by atoms with Gasteiger partial charge in [-0.15, -0.1) is 0 Å². The highest BCUT2D eigenvalue weighted by Gasteiger charge is 2.10. The number of aliphatic imine (C=N–C) groups is 1. The van der Waals surface area contributed by atoms with Crippen LogP contribution < -0.4 is 0 Å². The van der Waals surface area contributed by atoms with Crippen LogP contribution in [0.15, 0.2) is 29.4 Å². The molecular formula is C12H18N2. The van der Waals surface area contributed by atoms with Gasteiger partial charge in [0.2, 0.25) is 0 Å². The van der Waals surface area contributed by atoms with Crippen LogP contribution in [0.5, 0.6) is 0 Å². The lowest BCUT2D eigenvalue weighted by molar-refractivity contribution is 0.409. The van der Waals surface area contributed by atoms with Gasteiger partial charge in [-0.25, -0.2) is 4.99 Å². The molecule has 0 aromatic heterocycles. The summed E-state index contributed by atoms with van der Waals surface area (Å²) in [4.78, 5) is 4.02. The van der Waals surface area contributed by atoms with Crippen LogP contribution in [0.1, 0.15) is 34.1 Å². The van der Waals surface area contributed by atoms with Crippen molar-refractivity contribution in [2.75, 3.05) is 0 Å². The zero-order chi connectivity index (χ0) is 11.2. The Labute approximate surface area is 86.7 Å². The standard InChI is InChI=1S/C12H18N2/c1-6-11(8-13)14-9-10(2)7-12(3,4)5/h6,9H,1,7H2,2-5H3/b10-9+,14-11?. The summed E-state index contributed by atoms with van der Waals surface area (Å²) in [6, 6.07) is 1.96. The van der Waals surface area contributed by atoms with Gasteiger partial charge >= 0.3 is 0 Å². The third-order valence-corrected chi connectivity index (χ3v) is 1.54. The first-order valence-corrected chi connectivity index (χ1v) is 4.65. The van der Waals surface area contributed by atoms with Gasteiger partial charge < -0.3 is 0 Å². The smallest absolute Gasteiger partial charge is 0.139 e. The second-order valence-corrected chi connectivity index (χ2v) is 4.54. The monoisotopic (exact) mass is 190 g/mol. The highest BCUT2D eigenvalue weighted by Crippen LogP contribution is 2.23. The lowest BCUT2D eigenvalue weighted by Crippen LogP contribution is -2.04. The fraction of sp³-hybridized carbons (Fsp3) is 0.500. The van der Waals surface area contributed by atoms with Crippen molar-refractivity contribution in [1.29, 1.82) is 5.26 Å². The van der Waals surface area contributed by atoms with E-state index in [1.54, 1.807) is 6.20 Å². The Balaban J connectivity index is 4.48. The quantitative estimate of drug-likeness (QED) is 0.627. The Bertz CT molecular complexity index is 295. The number of hydrogen-bond donors (Lipinski definition) is 0. The molecule has 0 bridgehead atoms. The van der Waals surface area contributed by atoms with Gasteiger partial charge in [-0.1, -0.05) is 32.9 Å². The van der Waals surface area contributed by atoms with Crippen LogP contribution in [0.4, 0.5) is 0 Å². The molecule has 0 fully saturated rings. The van der Waals surface area contributed by atoms with E-state index >= 15 is 0 Å². The minimum absolute atomic E-state index is 0.261. The van der Waals surface area contributed by atoms with E-state index in [-0.39, 0.29) is 5.41 Å². The molecule has 0 saturated heterocycles. The molecule has 0 heterocycles. The molecule has 0 N–H and O–H groups in total. The van der Waals surface area contributed by atoms with Crippen LogP contribution in [-0.4, -0.2) is 5.71 Å². The maximum atomic E-state index is 8.59. The molecule has 0 spiro atoms. The summed E-state index contributed by atoms with van der Waals surface area (Å²) in [5.41, 5.74) is 1.79. The van der Waals surface area contributed by atoms with Crippen LogP contribution in [0.3, 0.4) is 0 Å². The Kier molecular flexibility index (Phi) is 4.86. The Hall–Kier alpha value is -1.36. The predicted octanol–water partition coefficient (Wildman–Crippen LogP) is 3.48. The summed E-state index contributed by atoms with van der Waals surface area (Å²) in [6.07, 6.45) is 4.18. The van der Waals surface area contributed by atoms with E-state index in [9.17, 15) is 0 Å². The molecule has 0 unspecified atom stereocenters. The van der Waals surface area contributed by atoms with Crippen molar-refractivity contribution in [3.8, 4) is 6.07 Å². The van der Waals surface area contributed by atoms with Crippen molar-refractivity contribution >= 4 is 5.71 Å². The topological polar surface area (TPSA) is 36.1 Å². The molecule has 0 aliphatic heterocycles. The van der Waals surface area contributed by atoms with Crippen LogP contribution in [0, 0.1) is 16.7 Å². The molecule has 0 aliphatic rings. The minimum Gasteiger partial charge on any atom is -0.246 e. The van der Waals surface area contributed by atoms with Crippen molar-refractivity contribution in [2.45, 2.75) is 34.1 Å². The number of nitriles is 1. The van der Waals surface area contributed by atoms with Gasteiger partial charge in [0.1, 0.15) is 11.8 Å². The van der Waals surface area contributed by atoms with E-state index < -0.39 is 0 Å². The highest BCUT2D eigenvalue weighted by molar-refractivity contribution is 6.07. The van der Waals surface area contributed by atoms with Crippen molar-refractivity contribution < 1.29 is 0 Å². The summed E-state index contributed by atoms with van der Waals surface area (Å²) in [5.74, 6) is 0. The summed E-state index contributed by atoms with van der Waals surface area (Å²) in [6.45, 7) is 12.0. The fourth-order valence-electron chi connectivity index (χ4n) is 1.19. The van der Waals surface area contributed by atoms with E-state index in [1.165, 1.54) is 11.6 Å². The molecule has 0 saturated carbocycles. The molecule has 0 aromatic carbocycles. The fourth-order valence-corrected chi connectivity index (χ4v) is 1.19. The van der Waals surface area contributed by atoms with Crippen LogP contribution in [0.2, 0.25) is 0 Å².